The number of benzene rings is 6. The predicted molar refractivity (Wildman–Crippen MR) is 177 cm³/mol. The first kappa shape index (κ1) is 23.8. The second-order valence-corrected chi connectivity index (χ2v) is 11.8. The van der Waals surface area contributed by atoms with Gasteiger partial charge in [0.1, 0.15) is 12.1 Å². The van der Waals surface area contributed by atoms with E-state index in [1.165, 1.54) is 22.1 Å². The lowest BCUT2D eigenvalue weighted by molar-refractivity contribution is 1.13. The second kappa shape index (κ2) is 8.81. The molecule has 0 N–H and O–H groups in total. The number of fused-ring (bicyclic) bond motifs is 10. The highest BCUT2D eigenvalue weighted by molar-refractivity contribution is 7.26. The molecule has 0 spiro atoms. The summed E-state index contributed by atoms with van der Waals surface area (Å²) >= 11 is 1.54. The van der Waals surface area contributed by atoms with Crippen LogP contribution in [0, 0.1) is 22.7 Å². The van der Waals surface area contributed by atoms with Gasteiger partial charge in [-0.1, -0.05) is 72.8 Å². The molecule has 198 valence electrons. The van der Waals surface area contributed by atoms with Gasteiger partial charge in [-0.05, 0) is 48.5 Å². The Hall–Kier alpha value is -5.88. The molecule has 0 radical (unpaired) electrons. The number of hydrogen-bond acceptors (Lipinski definition) is 3. The van der Waals surface area contributed by atoms with Crippen molar-refractivity contribution in [2.24, 2.45) is 0 Å². The average Bonchev–Trinajstić information content (AvgIpc) is 3.72. The molecule has 9 rings (SSSR count). The number of nitrogens with zero attached hydrogens (tertiary/aromatic N) is 4. The highest BCUT2D eigenvalue weighted by atomic mass is 32.1. The molecular weight excluding hydrogens is 545 g/mol. The van der Waals surface area contributed by atoms with Gasteiger partial charge in [-0.2, -0.15) is 10.5 Å². The number of thiophene rings is 1. The first-order chi connectivity index (χ1) is 21.3. The summed E-state index contributed by atoms with van der Waals surface area (Å²) in [5.41, 5.74) is 7.72. The molecule has 0 aliphatic heterocycles. The molecule has 3 heterocycles. The van der Waals surface area contributed by atoms with E-state index in [0.717, 1.165) is 64.4 Å². The fourth-order valence-corrected chi connectivity index (χ4v) is 8.08. The molecule has 0 saturated carbocycles. The van der Waals surface area contributed by atoms with Crippen LogP contribution in [-0.4, -0.2) is 9.13 Å². The van der Waals surface area contributed by atoms with Crippen LogP contribution in [0.5, 0.6) is 0 Å². The van der Waals surface area contributed by atoms with Crippen LogP contribution in [0.15, 0.2) is 121 Å². The van der Waals surface area contributed by atoms with Crippen molar-refractivity contribution in [2.75, 3.05) is 0 Å². The van der Waals surface area contributed by atoms with Crippen molar-refractivity contribution in [3.63, 3.8) is 0 Å². The van der Waals surface area contributed by atoms with E-state index < -0.39 is 0 Å². The quantitative estimate of drug-likeness (QED) is 0.210. The van der Waals surface area contributed by atoms with E-state index in [4.69, 9.17) is 0 Å². The van der Waals surface area contributed by atoms with Crippen LogP contribution < -0.4 is 0 Å². The molecule has 0 atom stereocenters. The molecular formula is C38H20N4S. The van der Waals surface area contributed by atoms with E-state index in [1.54, 1.807) is 0 Å². The normalized spacial score (nSPS) is 11.7. The lowest BCUT2D eigenvalue weighted by atomic mass is 10.0. The summed E-state index contributed by atoms with van der Waals surface area (Å²) < 4.78 is 6.46. The van der Waals surface area contributed by atoms with Crippen LogP contribution in [0.3, 0.4) is 0 Å². The Morgan fingerprint density at radius 2 is 0.977 bits per heavy atom. The van der Waals surface area contributed by atoms with Crippen LogP contribution in [-0.2, 0) is 0 Å². The number of para-hydroxylation sites is 3. The van der Waals surface area contributed by atoms with Gasteiger partial charge in [0, 0.05) is 43.7 Å². The van der Waals surface area contributed by atoms with Crippen LogP contribution in [0.4, 0.5) is 0 Å². The minimum absolute atomic E-state index is 0.621. The minimum atomic E-state index is 0.621. The van der Waals surface area contributed by atoms with Crippen LogP contribution in [0.2, 0.25) is 0 Å². The Kier molecular flexibility index (Phi) is 4.87. The van der Waals surface area contributed by atoms with Crippen molar-refractivity contribution in [1.82, 2.24) is 9.13 Å². The van der Waals surface area contributed by atoms with Crippen molar-refractivity contribution in [3.05, 3.63) is 132 Å². The number of aromatic nitrogens is 2. The SMILES string of the molecule is N#Cc1cccc2c1sc1c(C#N)cc3c(c4ccccc4n3-c3cccc(-n4c5ccccc5c5ccccc54)c3)c12. The molecule has 0 fully saturated rings. The smallest absolute Gasteiger partial charge is 0.101 e. The van der Waals surface area contributed by atoms with E-state index >= 15 is 0 Å². The number of rotatable bonds is 2. The summed E-state index contributed by atoms with van der Waals surface area (Å²) in [5.74, 6) is 0. The molecule has 0 aliphatic carbocycles. The first-order valence-corrected chi connectivity index (χ1v) is 14.9. The standard InChI is InChI=1S/C38H20N4S/c39-21-23-9-7-15-30-36-35-29-14-3-6-18-33(29)42(34(35)19-24(22-40)38(36)43-37(23)30)26-11-8-10-25(20-26)41-31-16-4-1-12-27(31)28-13-2-5-17-32(28)41/h1-20H. The molecule has 0 aliphatic rings. The van der Waals surface area contributed by atoms with E-state index in [2.05, 4.69) is 124 Å². The third-order valence-corrected chi connectivity index (χ3v) is 9.84. The van der Waals surface area contributed by atoms with Gasteiger partial charge >= 0.3 is 0 Å². The highest BCUT2D eigenvalue weighted by Gasteiger charge is 2.22. The van der Waals surface area contributed by atoms with E-state index in [-0.39, 0.29) is 0 Å². The molecule has 0 saturated heterocycles. The monoisotopic (exact) mass is 564 g/mol. The Balaban J connectivity index is 1.41. The number of hydrogen-bond donors (Lipinski definition) is 0. The molecule has 4 nitrogen and oxygen atoms in total. The number of nitriles is 2. The van der Waals surface area contributed by atoms with Crippen molar-refractivity contribution < 1.29 is 0 Å². The van der Waals surface area contributed by atoms with Crippen molar-refractivity contribution in [3.8, 4) is 23.5 Å². The Morgan fingerprint density at radius 1 is 0.442 bits per heavy atom. The molecule has 0 bridgehead atoms. The zero-order valence-electron chi connectivity index (χ0n) is 22.7. The van der Waals surface area contributed by atoms with Gasteiger partial charge in [-0.25, -0.2) is 0 Å². The summed E-state index contributed by atoms with van der Waals surface area (Å²) in [4.78, 5) is 0. The maximum Gasteiger partial charge on any atom is 0.101 e. The van der Waals surface area contributed by atoms with Gasteiger partial charge in [0.2, 0.25) is 0 Å². The molecule has 3 aromatic heterocycles. The van der Waals surface area contributed by atoms with E-state index in [0.29, 0.717) is 11.1 Å². The molecule has 43 heavy (non-hydrogen) atoms. The highest BCUT2D eigenvalue weighted by Crippen LogP contribution is 2.46. The molecule has 5 heteroatoms. The Bertz CT molecular complexity index is 2650. The largest absolute Gasteiger partial charge is 0.309 e. The Morgan fingerprint density at radius 3 is 1.63 bits per heavy atom. The fourth-order valence-electron chi connectivity index (χ4n) is 6.84. The molecule has 0 amide bonds. The molecule has 6 aromatic carbocycles. The first-order valence-electron chi connectivity index (χ1n) is 14.1. The summed E-state index contributed by atoms with van der Waals surface area (Å²) in [6.07, 6.45) is 0. The topological polar surface area (TPSA) is 57.4 Å². The van der Waals surface area contributed by atoms with Crippen LogP contribution >= 0.6 is 11.3 Å². The van der Waals surface area contributed by atoms with Gasteiger partial charge < -0.3 is 9.13 Å². The van der Waals surface area contributed by atoms with Gasteiger partial charge in [0.25, 0.3) is 0 Å². The average molecular weight is 565 g/mol. The van der Waals surface area contributed by atoms with Gasteiger partial charge in [-0.15, -0.1) is 11.3 Å². The van der Waals surface area contributed by atoms with Gasteiger partial charge in [0.05, 0.1) is 42.6 Å². The molecule has 0 unspecified atom stereocenters. The van der Waals surface area contributed by atoms with Crippen molar-refractivity contribution >= 4 is 75.1 Å². The minimum Gasteiger partial charge on any atom is -0.309 e. The summed E-state index contributed by atoms with van der Waals surface area (Å²) in [6.45, 7) is 0. The van der Waals surface area contributed by atoms with Crippen molar-refractivity contribution in [1.29, 1.82) is 10.5 Å². The Labute approximate surface area is 250 Å². The lowest BCUT2D eigenvalue weighted by Crippen LogP contribution is -1.98. The maximum atomic E-state index is 10.3. The van der Waals surface area contributed by atoms with Crippen LogP contribution in [0.25, 0.3) is 75.2 Å². The van der Waals surface area contributed by atoms with E-state index in [9.17, 15) is 10.5 Å². The summed E-state index contributed by atoms with van der Waals surface area (Å²) in [6, 6.07) is 46.9. The third-order valence-electron chi connectivity index (χ3n) is 8.57. The predicted octanol–water partition coefficient (Wildman–Crippen LogP) is 9.99. The van der Waals surface area contributed by atoms with Gasteiger partial charge in [0.15, 0.2) is 0 Å². The third kappa shape index (κ3) is 3.17. The van der Waals surface area contributed by atoms with Crippen molar-refractivity contribution in [2.45, 2.75) is 0 Å². The summed E-state index contributed by atoms with van der Waals surface area (Å²) in [7, 11) is 0. The second-order valence-electron chi connectivity index (χ2n) is 10.8. The fraction of sp³-hybridized carbons (Fsp3) is 0. The summed E-state index contributed by atoms with van der Waals surface area (Å²) in [5, 5.41) is 26.9. The zero-order chi connectivity index (χ0) is 28.7. The lowest BCUT2D eigenvalue weighted by Gasteiger charge is -2.13. The van der Waals surface area contributed by atoms with Crippen LogP contribution in [0.1, 0.15) is 11.1 Å². The zero-order valence-corrected chi connectivity index (χ0v) is 23.6. The van der Waals surface area contributed by atoms with Gasteiger partial charge in [-0.3, -0.25) is 0 Å². The molecule has 9 aromatic rings. The maximum absolute atomic E-state index is 10.3. The van der Waals surface area contributed by atoms with E-state index in [1.807, 2.05) is 18.2 Å².